The Morgan fingerprint density at radius 1 is 0.710 bits per heavy atom. The quantitative estimate of drug-likeness (QED) is 0.456. The maximum Gasteiger partial charge on any atom is 0.264 e. The number of para-hydroxylation sites is 2. The molecule has 4 rings (SSSR count). The molecule has 0 aliphatic rings. The van der Waals surface area contributed by atoms with Crippen molar-refractivity contribution in [3.8, 4) is 0 Å². The Bertz CT molecular complexity index is 1460. The normalized spacial score (nSPS) is 11.9. The molecule has 2 N–H and O–H groups in total. The highest BCUT2D eigenvalue weighted by atomic mass is 32.2. The highest BCUT2D eigenvalue weighted by Crippen LogP contribution is 2.25. The summed E-state index contributed by atoms with van der Waals surface area (Å²) < 4.78 is 56.1. The highest BCUT2D eigenvalue weighted by Gasteiger charge is 2.19. The number of nitrogens with one attached hydrogen (secondary N) is 2. The molecule has 3 aromatic carbocycles. The number of aryl methyl sites for hydroxylation is 1. The second kappa shape index (κ2) is 8.01. The number of rotatable bonds is 6. The number of benzene rings is 3. The van der Waals surface area contributed by atoms with Gasteiger partial charge in [0.1, 0.15) is 4.90 Å². The third-order valence-corrected chi connectivity index (χ3v) is 7.49. The van der Waals surface area contributed by atoms with Crippen molar-refractivity contribution in [3.63, 3.8) is 0 Å². The van der Waals surface area contributed by atoms with Gasteiger partial charge in [0, 0.05) is 17.3 Å². The predicted octanol–water partition coefficient (Wildman–Crippen LogP) is 4.14. The summed E-state index contributed by atoms with van der Waals surface area (Å²) in [6, 6.07) is 21.0. The molecular formula is C22H19N3O4S2. The molecule has 4 aromatic rings. The van der Waals surface area contributed by atoms with E-state index in [2.05, 4.69) is 14.4 Å². The van der Waals surface area contributed by atoms with Crippen LogP contribution in [0.15, 0.2) is 94.9 Å². The van der Waals surface area contributed by atoms with Crippen molar-refractivity contribution in [2.24, 2.45) is 0 Å². The number of anilines is 2. The molecule has 0 saturated carbocycles. The molecule has 0 atom stereocenters. The summed E-state index contributed by atoms with van der Waals surface area (Å²) in [6.07, 6.45) is 1.53. The molecule has 7 nitrogen and oxygen atoms in total. The molecule has 0 unspecified atom stereocenters. The van der Waals surface area contributed by atoms with Gasteiger partial charge in [-0.3, -0.25) is 14.4 Å². The third-order valence-electron chi connectivity index (χ3n) is 4.69. The van der Waals surface area contributed by atoms with Gasteiger partial charge in [0.05, 0.1) is 16.1 Å². The first-order chi connectivity index (χ1) is 14.8. The summed E-state index contributed by atoms with van der Waals surface area (Å²) in [5, 5.41) is 0.703. The number of pyridine rings is 1. The fourth-order valence-corrected chi connectivity index (χ4v) is 5.47. The van der Waals surface area contributed by atoms with E-state index in [1.807, 2.05) is 6.07 Å². The van der Waals surface area contributed by atoms with E-state index >= 15 is 0 Å². The smallest absolute Gasteiger partial charge is 0.264 e. The second-order valence-corrected chi connectivity index (χ2v) is 10.2. The molecule has 0 fully saturated rings. The Morgan fingerprint density at radius 2 is 1.42 bits per heavy atom. The molecule has 0 amide bonds. The van der Waals surface area contributed by atoms with Gasteiger partial charge in [-0.1, -0.05) is 36.4 Å². The standard InChI is InChI=1S/C22H19N3O4S2/c1-16-6-2-3-9-20(16)25-30(26,27)19-13-11-18(12-14-19)24-31(28,29)21-10-4-7-17-8-5-15-23-22(17)21/h2-15,24-25H,1H3. The van der Waals surface area contributed by atoms with E-state index in [4.69, 9.17) is 0 Å². The minimum Gasteiger partial charge on any atom is -0.280 e. The molecule has 0 radical (unpaired) electrons. The van der Waals surface area contributed by atoms with Crippen molar-refractivity contribution in [2.45, 2.75) is 16.7 Å². The van der Waals surface area contributed by atoms with Crippen LogP contribution in [0.5, 0.6) is 0 Å². The lowest BCUT2D eigenvalue weighted by atomic mass is 10.2. The van der Waals surface area contributed by atoms with Gasteiger partial charge in [0.2, 0.25) is 0 Å². The highest BCUT2D eigenvalue weighted by molar-refractivity contribution is 7.93. The van der Waals surface area contributed by atoms with Crippen molar-refractivity contribution in [1.29, 1.82) is 0 Å². The maximum atomic E-state index is 12.9. The molecule has 0 aliphatic carbocycles. The Balaban J connectivity index is 1.59. The molecule has 0 aliphatic heterocycles. The van der Waals surface area contributed by atoms with Crippen LogP contribution >= 0.6 is 0 Å². The SMILES string of the molecule is Cc1ccccc1NS(=O)(=O)c1ccc(NS(=O)(=O)c2cccc3cccnc23)cc1. The number of aromatic nitrogens is 1. The van der Waals surface area contributed by atoms with Gasteiger partial charge < -0.3 is 0 Å². The van der Waals surface area contributed by atoms with Gasteiger partial charge >= 0.3 is 0 Å². The van der Waals surface area contributed by atoms with Crippen LogP contribution in [0.1, 0.15) is 5.56 Å². The van der Waals surface area contributed by atoms with E-state index in [0.717, 1.165) is 5.56 Å². The predicted molar refractivity (Wildman–Crippen MR) is 121 cm³/mol. The first kappa shape index (κ1) is 20.8. The van der Waals surface area contributed by atoms with Gasteiger partial charge in [0.25, 0.3) is 20.0 Å². The van der Waals surface area contributed by atoms with Crippen LogP contribution in [0.25, 0.3) is 10.9 Å². The van der Waals surface area contributed by atoms with Crippen molar-refractivity contribution in [1.82, 2.24) is 4.98 Å². The van der Waals surface area contributed by atoms with Gasteiger partial charge in [-0.25, -0.2) is 16.8 Å². The van der Waals surface area contributed by atoms with Crippen LogP contribution in [0.3, 0.4) is 0 Å². The van der Waals surface area contributed by atoms with E-state index in [9.17, 15) is 16.8 Å². The average Bonchev–Trinajstić information content (AvgIpc) is 2.75. The zero-order valence-corrected chi connectivity index (χ0v) is 18.1. The number of sulfonamides is 2. The first-order valence-electron chi connectivity index (χ1n) is 9.31. The first-order valence-corrected chi connectivity index (χ1v) is 12.3. The molecule has 9 heteroatoms. The fourth-order valence-electron chi connectivity index (χ4n) is 3.10. The molecular weight excluding hydrogens is 434 g/mol. The van der Waals surface area contributed by atoms with Crippen LogP contribution in [-0.4, -0.2) is 21.8 Å². The van der Waals surface area contributed by atoms with Crippen molar-refractivity contribution in [2.75, 3.05) is 9.44 Å². The monoisotopic (exact) mass is 453 g/mol. The summed E-state index contributed by atoms with van der Waals surface area (Å²) in [5.74, 6) is 0. The van der Waals surface area contributed by atoms with Crippen LogP contribution in [0.2, 0.25) is 0 Å². The van der Waals surface area contributed by atoms with E-state index in [1.165, 1.54) is 36.5 Å². The van der Waals surface area contributed by atoms with Crippen molar-refractivity contribution in [3.05, 3.63) is 90.6 Å². The molecule has 158 valence electrons. The number of fused-ring (bicyclic) bond motifs is 1. The van der Waals surface area contributed by atoms with E-state index in [1.54, 1.807) is 49.4 Å². The molecule has 0 saturated heterocycles. The summed E-state index contributed by atoms with van der Waals surface area (Å²) in [5.41, 5.74) is 1.87. The lowest BCUT2D eigenvalue weighted by Crippen LogP contribution is -2.15. The second-order valence-electron chi connectivity index (χ2n) is 6.88. The largest absolute Gasteiger partial charge is 0.280 e. The molecule has 1 heterocycles. The van der Waals surface area contributed by atoms with E-state index in [0.29, 0.717) is 16.6 Å². The zero-order valence-electron chi connectivity index (χ0n) is 16.5. The van der Waals surface area contributed by atoms with Crippen LogP contribution in [0.4, 0.5) is 11.4 Å². The average molecular weight is 454 g/mol. The van der Waals surface area contributed by atoms with Gasteiger partial charge in [0.15, 0.2) is 0 Å². The molecule has 0 bridgehead atoms. The van der Waals surface area contributed by atoms with Crippen molar-refractivity contribution >= 4 is 42.3 Å². The maximum absolute atomic E-state index is 12.9. The fraction of sp³-hybridized carbons (Fsp3) is 0.0455. The Hall–Kier alpha value is -3.43. The number of hydrogen-bond donors (Lipinski definition) is 2. The Morgan fingerprint density at radius 3 is 2.16 bits per heavy atom. The summed E-state index contributed by atoms with van der Waals surface area (Å²) in [6.45, 7) is 1.80. The molecule has 31 heavy (non-hydrogen) atoms. The third kappa shape index (κ3) is 4.37. The van der Waals surface area contributed by atoms with Gasteiger partial charge in [-0.05, 0) is 55.0 Å². The molecule has 0 spiro atoms. The lowest BCUT2D eigenvalue weighted by Gasteiger charge is -2.12. The van der Waals surface area contributed by atoms with Crippen LogP contribution in [0, 0.1) is 6.92 Å². The van der Waals surface area contributed by atoms with Gasteiger partial charge in [-0.15, -0.1) is 0 Å². The Kier molecular flexibility index (Phi) is 5.38. The summed E-state index contributed by atoms with van der Waals surface area (Å²) >= 11 is 0. The minimum absolute atomic E-state index is 0.0190. The number of hydrogen-bond acceptors (Lipinski definition) is 5. The minimum atomic E-state index is -3.92. The van der Waals surface area contributed by atoms with Crippen LogP contribution < -0.4 is 9.44 Å². The van der Waals surface area contributed by atoms with E-state index < -0.39 is 20.0 Å². The topological polar surface area (TPSA) is 105 Å². The summed E-state index contributed by atoms with van der Waals surface area (Å²) in [7, 11) is -7.73. The van der Waals surface area contributed by atoms with E-state index in [-0.39, 0.29) is 15.5 Å². The van der Waals surface area contributed by atoms with Gasteiger partial charge in [-0.2, -0.15) is 0 Å². The van der Waals surface area contributed by atoms with Crippen LogP contribution in [-0.2, 0) is 20.0 Å². The van der Waals surface area contributed by atoms with Crippen molar-refractivity contribution < 1.29 is 16.8 Å². The summed E-state index contributed by atoms with van der Waals surface area (Å²) in [4.78, 5) is 4.24. The molecule has 1 aromatic heterocycles. The Labute approximate surface area is 180 Å². The lowest BCUT2D eigenvalue weighted by molar-refractivity contribution is 0.600. The zero-order chi connectivity index (χ0) is 22.1. The number of nitrogens with zero attached hydrogens (tertiary/aromatic N) is 1.